The molecule has 1 saturated heterocycles. The number of rotatable bonds is 8. The van der Waals surface area contributed by atoms with E-state index in [1.54, 1.807) is 4.31 Å². The molecular weight excluding hydrogens is 276 g/mol. The number of carbonyl (C=O) groups is 1. The minimum absolute atomic E-state index is 0.0229. The van der Waals surface area contributed by atoms with Crippen LogP contribution in [0.25, 0.3) is 0 Å². The fourth-order valence-electron chi connectivity index (χ4n) is 2.29. The van der Waals surface area contributed by atoms with E-state index >= 15 is 0 Å². The summed E-state index contributed by atoms with van der Waals surface area (Å²) in [7, 11) is -3.11. The molecule has 1 heterocycles. The van der Waals surface area contributed by atoms with Gasteiger partial charge in [0.05, 0.1) is 5.75 Å². The van der Waals surface area contributed by atoms with Crippen molar-refractivity contribution in [3.05, 3.63) is 0 Å². The van der Waals surface area contributed by atoms with Gasteiger partial charge in [-0.3, -0.25) is 4.79 Å². The highest BCUT2D eigenvalue weighted by Gasteiger charge is 2.23. The van der Waals surface area contributed by atoms with Gasteiger partial charge in [0.25, 0.3) is 0 Å². The van der Waals surface area contributed by atoms with E-state index in [1.165, 1.54) is 0 Å². The van der Waals surface area contributed by atoms with Gasteiger partial charge in [-0.15, -0.1) is 0 Å². The highest BCUT2D eigenvalue weighted by Crippen LogP contribution is 2.14. The second kappa shape index (κ2) is 8.62. The minimum Gasteiger partial charge on any atom is -0.354 e. The number of sulfonamides is 1. The van der Waals surface area contributed by atoms with Gasteiger partial charge in [0.15, 0.2) is 0 Å². The first-order valence-electron chi connectivity index (χ1n) is 7.73. The van der Waals surface area contributed by atoms with Crippen LogP contribution in [0.2, 0.25) is 0 Å². The predicted octanol–water partition coefficient (Wildman–Crippen LogP) is 1.89. The van der Waals surface area contributed by atoms with E-state index in [9.17, 15) is 13.2 Å². The van der Waals surface area contributed by atoms with Crippen molar-refractivity contribution >= 4 is 15.9 Å². The number of nitrogens with one attached hydrogen (secondary N) is 1. The molecule has 1 aliphatic heterocycles. The smallest absolute Gasteiger partial charge is 0.220 e. The molecule has 118 valence electrons. The lowest BCUT2D eigenvalue weighted by Gasteiger charge is -2.25. The summed E-state index contributed by atoms with van der Waals surface area (Å²) in [5, 5.41) is 2.89. The Hall–Kier alpha value is -0.620. The maximum atomic E-state index is 12.1. The van der Waals surface area contributed by atoms with Crippen LogP contribution in [0.5, 0.6) is 0 Å². The van der Waals surface area contributed by atoms with Crippen molar-refractivity contribution in [3.8, 4) is 0 Å². The molecule has 0 saturated carbocycles. The van der Waals surface area contributed by atoms with Gasteiger partial charge in [-0.25, -0.2) is 12.7 Å². The number of piperidine rings is 1. The van der Waals surface area contributed by atoms with E-state index in [4.69, 9.17) is 0 Å². The van der Waals surface area contributed by atoms with Gasteiger partial charge in [-0.1, -0.05) is 13.3 Å². The number of hydrogen-bond acceptors (Lipinski definition) is 3. The minimum atomic E-state index is -3.11. The second-order valence-electron chi connectivity index (χ2n) is 5.61. The molecule has 1 aliphatic rings. The Kier molecular flexibility index (Phi) is 7.51. The van der Waals surface area contributed by atoms with Crippen molar-refractivity contribution in [2.24, 2.45) is 0 Å². The Bertz CT molecular complexity index is 389. The lowest BCUT2D eigenvalue weighted by atomic mass is 10.2. The van der Waals surface area contributed by atoms with Gasteiger partial charge in [0.1, 0.15) is 0 Å². The standard InChI is InChI=1S/C14H28N2O3S/c1-3-13(2)15-14(17)9-5-8-12-20(18,19)16-10-6-4-7-11-16/h13H,3-12H2,1-2H3,(H,15,17). The number of nitrogens with zero attached hydrogens (tertiary/aromatic N) is 1. The van der Waals surface area contributed by atoms with Gasteiger partial charge in [0, 0.05) is 25.6 Å². The Morgan fingerprint density at radius 3 is 2.45 bits per heavy atom. The predicted molar refractivity (Wildman–Crippen MR) is 81.0 cm³/mol. The number of carbonyl (C=O) groups excluding carboxylic acids is 1. The van der Waals surface area contributed by atoms with E-state index in [-0.39, 0.29) is 17.7 Å². The SMILES string of the molecule is CCC(C)NC(=O)CCCCS(=O)(=O)N1CCCCC1. The van der Waals surface area contributed by atoms with Gasteiger partial charge >= 0.3 is 0 Å². The van der Waals surface area contributed by atoms with Crippen molar-refractivity contribution in [1.29, 1.82) is 0 Å². The van der Waals surface area contributed by atoms with Crippen LogP contribution in [0.15, 0.2) is 0 Å². The number of amides is 1. The van der Waals surface area contributed by atoms with E-state index < -0.39 is 10.0 Å². The molecule has 0 aromatic carbocycles. The first kappa shape index (κ1) is 17.4. The molecule has 0 aromatic rings. The summed E-state index contributed by atoms with van der Waals surface area (Å²) in [6.45, 7) is 5.32. The lowest BCUT2D eigenvalue weighted by molar-refractivity contribution is -0.121. The van der Waals surface area contributed by atoms with Crippen LogP contribution in [0, 0.1) is 0 Å². The third-order valence-electron chi connectivity index (χ3n) is 3.78. The molecule has 0 radical (unpaired) electrons. The van der Waals surface area contributed by atoms with Crippen molar-refractivity contribution in [2.45, 2.75) is 64.8 Å². The van der Waals surface area contributed by atoms with E-state index in [1.807, 2.05) is 13.8 Å². The number of unbranched alkanes of at least 4 members (excludes halogenated alkanes) is 1. The zero-order valence-electron chi connectivity index (χ0n) is 12.7. The monoisotopic (exact) mass is 304 g/mol. The summed E-state index contributed by atoms with van der Waals surface area (Å²) < 4.78 is 25.8. The molecule has 1 N–H and O–H groups in total. The van der Waals surface area contributed by atoms with E-state index in [0.29, 0.717) is 32.4 Å². The molecule has 0 aromatic heterocycles. The molecule has 20 heavy (non-hydrogen) atoms. The quantitative estimate of drug-likeness (QED) is 0.696. The van der Waals surface area contributed by atoms with E-state index in [0.717, 1.165) is 25.7 Å². The Morgan fingerprint density at radius 1 is 1.20 bits per heavy atom. The highest BCUT2D eigenvalue weighted by molar-refractivity contribution is 7.89. The first-order valence-corrected chi connectivity index (χ1v) is 9.34. The van der Waals surface area contributed by atoms with Crippen molar-refractivity contribution in [3.63, 3.8) is 0 Å². The molecule has 0 bridgehead atoms. The molecule has 5 nitrogen and oxygen atoms in total. The average Bonchev–Trinajstić information content (AvgIpc) is 2.44. The highest BCUT2D eigenvalue weighted by atomic mass is 32.2. The molecule has 6 heteroatoms. The second-order valence-corrected chi connectivity index (χ2v) is 7.70. The zero-order chi connectivity index (χ0) is 15.0. The Balaban J connectivity index is 2.21. The van der Waals surface area contributed by atoms with Crippen LogP contribution in [-0.2, 0) is 14.8 Å². The van der Waals surface area contributed by atoms with Crippen LogP contribution in [0.1, 0.15) is 58.8 Å². The van der Waals surface area contributed by atoms with Gasteiger partial charge < -0.3 is 5.32 Å². The largest absolute Gasteiger partial charge is 0.354 e. The average molecular weight is 304 g/mol. The molecular formula is C14H28N2O3S. The van der Waals surface area contributed by atoms with Gasteiger partial charge in [-0.2, -0.15) is 0 Å². The fourth-order valence-corrected chi connectivity index (χ4v) is 3.93. The fraction of sp³-hybridized carbons (Fsp3) is 0.929. The van der Waals surface area contributed by atoms with Crippen LogP contribution in [-0.4, -0.2) is 43.5 Å². The summed E-state index contributed by atoms with van der Waals surface area (Å²) >= 11 is 0. The van der Waals surface area contributed by atoms with E-state index in [2.05, 4.69) is 5.32 Å². The Labute approximate surface area is 123 Å². The molecule has 1 unspecified atom stereocenters. The maximum absolute atomic E-state index is 12.1. The zero-order valence-corrected chi connectivity index (χ0v) is 13.5. The summed E-state index contributed by atoms with van der Waals surface area (Å²) in [4.78, 5) is 11.6. The van der Waals surface area contributed by atoms with Crippen LogP contribution < -0.4 is 5.32 Å². The maximum Gasteiger partial charge on any atom is 0.220 e. The van der Waals surface area contributed by atoms with Crippen LogP contribution in [0.4, 0.5) is 0 Å². The summed E-state index contributed by atoms with van der Waals surface area (Å²) in [6.07, 6.45) is 5.59. The van der Waals surface area contributed by atoms with Crippen LogP contribution >= 0.6 is 0 Å². The summed E-state index contributed by atoms with van der Waals surface area (Å²) in [6, 6.07) is 0.194. The normalized spacial score (nSPS) is 18.7. The molecule has 1 amide bonds. The third-order valence-corrected chi connectivity index (χ3v) is 5.74. The molecule has 1 rings (SSSR count). The molecule has 0 spiro atoms. The van der Waals surface area contributed by atoms with Crippen LogP contribution in [0.3, 0.4) is 0 Å². The first-order chi connectivity index (χ1) is 9.45. The van der Waals surface area contributed by atoms with Crippen molar-refractivity contribution in [1.82, 2.24) is 9.62 Å². The van der Waals surface area contributed by atoms with Gasteiger partial charge in [0.2, 0.25) is 15.9 Å². The Morgan fingerprint density at radius 2 is 1.85 bits per heavy atom. The summed E-state index contributed by atoms with van der Waals surface area (Å²) in [5.74, 6) is 0.193. The summed E-state index contributed by atoms with van der Waals surface area (Å²) in [5.41, 5.74) is 0. The van der Waals surface area contributed by atoms with Gasteiger partial charge in [-0.05, 0) is 39.0 Å². The topological polar surface area (TPSA) is 66.5 Å². The van der Waals surface area contributed by atoms with Crippen molar-refractivity contribution < 1.29 is 13.2 Å². The molecule has 1 fully saturated rings. The molecule has 1 atom stereocenters. The lowest BCUT2D eigenvalue weighted by Crippen LogP contribution is -2.37. The van der Waals surface area contributed by atoms with Crippen molar-refractivity contribution in [2.75, 3.05) is 18.8 Å². The molecule has 0 aliphatic carbocycles. The number of hydrogen-bond donors (Lipinski definition) is 1. The third kappa shape index (κ3) is 6.22.